The molecule has 1 saturated heterocycles. The van der Waals surface area contributed by atoms with Crippen molar-refractivity contribution in [2.75, 3.05) is 44.7 Å². The molecule has 1 saturated carbocycles. The monoisotopic (exact) mass is 564 g/mol. The molecule has 0 bridgehead atoms. The second-order valence-electron chi connectivity index (χ2n) is 10.5. The number of aliphatic hydroxyl groups is 2. The normalized spacial score (nSPS) is 20.9. The summed E-state index contributed by atoms with van der Waals surface area (Å²) in [6.07, 6.45) is 10.1. The van der Waals surface area contributed by atoms with Crippen molar-refractivity contribution < 1.29 is 24.4 Å². The van der Waals surface area contributed by atoms with Gasteiger partial charge in [0, 0.05) is 18.7 Å². The van der Waals surface area contributed by atoms with Crippen molar-refractivity contribution in [3.05, 3.63) is 30.9 Å². The van der Waals surface area contributed by atoms with E-state index in [0.717, 1.165) is 61.8 Å². The minimum atomic E-state index is -0.258. The van der Waals surface area contributed by atoms with Gasteiger partial charge in [0.05, 0.1) is 69.6 Å². The first kappa shape index (κ1) is 27.1. The number of fused-ring (bicyclic) bond motifs is 1. The van der Waals surface area contributed by atoms with Crippen molar-refractivity contribution in [3.63, 3.8) is 0 Å². The summed E-state index contributed by atoms with van der Waals surface area (Å²) < 4.78 is 20.3. The molecule has 0 radical (unpaired) electrons. The summed E-state index contributed by atoms with van der Waals surface area (Å²) in [6, 6.07) is 3.82. The molecule has 13 nitrogen and oxygen atoms in total. The molecule has 218 valence electrons. The van der Waals surface area contributed by atoms with Crippen molar-refractivity contribution in [1.82, 2.24) is 29.3 Å². The zero-order valence-corrected chi connectivity index (χ0v) is 23.5. The average Bonchev–Trinajstić information content (AvgIpc) is 3.76. The van der Waals surface area contributed by atoms with Crippen molar-refractivity contribution in [3.8, 4) is 22.9 Å². The SMILES string of the molecule is COc1cc(-n2cnc(Nc3nc(N4CCCC4CO)nc4c3cnn4C3CCC(O)CC3)c2)cc(OC)c1OC. The maximum Gasteiger partial charge on any atom is 0.229 e. The van der Waals surface area contributed by atoms with E-state index in [-0.39, 0.29) is 24.8 Å². The van der Waals surface area contributed by atoms with Crippen LogP contribution < -0.4 is 24.4 Å². The molecule has 1 aliphatic carbocycles. The summed E-state index contributed by atoms with van der Waals surface area (Å²) in [7, 11) is 4.73. The molecule has 4 heterocycles. The van der Waals surface area contributed by atoms with Crippen molar-refractivity contribution in [2.45, 2.75) is 56.7 Å². The lowest BCUT2D eigenvalue weighted by Gasteiger charge is -2.27. The summed E-state index contributed by atoms with van der Waals surface area (Å²) in [5, 5.41) is 28.9. The number of imidazole rings is 1. The van der Waals surface area contributed by atoms with Crippen LogP contribution in [0, 0.1) is 0 Å². The predicted molar refractivity (Wildman–Crippen MR) is 153 cm³/mol. The van der Waals surface area contributed by atoms with E-state index in [9.17, 15) is 10.2 Å². The van der Waals surface area contributed by atoms with Gasteiger partial charge in [-0.3, -0.25) is 0 Å². The van der Waals surface area contributed by atoms with Gasteiger partial charge in [-0.05, 0) is 38.5 Å². The molecular weight excluding hydrogens is 528 g/mol. The van der Waals surface area contributed by atoms with Crippen molar-refractivity contribution in [2.24, 2.45) is 0 Å². The number of nitrogens with one attached hydrogen (secondary N) is 1. The van der Waals surface area contributed by atoms with E-state index in [4.69, 9.17) is 29.3 Å². The molecule has 2 fully saturated rings. The Hall–Kier alpha value is -4.10. The van der Waals surface area contributed by atoms with E-state index in [2.05, 4.69) is 15.2 Å². The highest BCUT2D eigenvalue weighted by Crippen LogP contribution is 2.40. The van der Waals surface area contributed by atoms with E-state index in [1.54, 1.807) is 33.9 Å². The number of hydrogen-bond donors (Lipinski definition) is 3. The van der Waals surface area contributed by atoms with Crippen LogP contribution in [0.2, 0.25) is 0 Å². The Bertz CT molecular complexity index is 1490. The Morgan fingerprint density at radius 2 is 1.76 bits per heavy atom. The molecule has 0 amide bonds. The number of rotatable bonds is 9. The summed E-state index contributed by atoms with van der Waals surface area (Å²) in [5.74, 6) is 3.32. The number of methoxy groups -OCH3 is 3. The van der Waals surface area contributed by atoms with Crippen LogP contribution in [0.25, 0.3) is 16.7 Å². The smallest absolute Gasteiger partial charge is 0.229 e. The van der Waals surface area contributed by atoms with E-state index >= 15 is 0 Å². The third-order valence-corrected chi connectivity index (χ3v) is 8.08. The summed E-state index contributed by atoms with van der Waals surface area (Å²) >= 11 is 0. The molecule has 1 aliphatic heterocycles. The molecule has 3 aromatic heterocycles. The number of aliphatic hydroxyl groups excluding tert-OH is 2. The van der Waals surface area contributed by atoms with Crippen LogP contribution in [0.3, 0.4) is 0 Å². The standard InChI is InChI=1S/C28H36N8O5/c1-39-22-11-19(12-23(40-2)25(22)41-3)34-14-24(29-16-34)31-26-21-13-30-36(17-6-8-20(38)9-7-17)27(21)33-28(32-26)35-10-4-5-18(35)15-37/h11-14,16-18,20,37-38H,4-10,15H2,1-3H3,(H,31,32,33). The first-order valence-corrected chi connectivity index (χ1v) is 13.9. The van der Waals surface area contributed by atoms with E-state index in [1.165, 1.54) is 0 Å². The highest BCUT2D eigenvalue weighted by Gasteiger charge is 2.29. The maximum atomic E-state index is 10.0. The van der Waals surface area contributed by atoms with Gasteiger partial charge in [-0.25, -0.2) is 9.67 Å². The van der Waals surface area contributed by atoms with Gasteiger partial charge in [0.1, 0.15) is 18.0 Å². The highest BCUT2D eigenvalue weighted by molar-refractivity contribution is 5.89. The molecule has 13 heteroatoms. The van der Waals surface area contributed by atoms with Crippen LogP contribution in [0.5, 0.6) is 17.2 Å². The van der Waals surface area contributed by atoms with Gasteiger partial charge in [0.15, 0.2) is 17.1 Å². The topological polar surface area (TPSA) is 145 Å². The molecule has 4 aromatic rings. The summed E-state index contributed by atoms with van der Waals surface area (Å²) in [4.78, 5) is 16.5. The summed E-state index contributed by atoms with van der Waals surface area (Å²) in [6.45, 7) is 0.818. The Labute approximate surface area is 237 Å². The molecule has 6 rings (SSSR count). The van der Waals surface area contributed by atoms with Crippen molar-refractivity contribution >= 4 is 28.6 Å². The van der Waals surface area contributed by atoms with Gasteiger partial charge < -0.3 is 39.2 Å². The average molecular weight is 565 g/mol. The quantitative estimate of drug-likeness (QED) is 0.276. The minimum Gasteiger partial charge on any atom is -0.493 e. The largest absolute Gasteiger partial charge is 0.493 e. The van der Waals surface area contributed by atoms with Gasteiger partial charge in [-0.1, -0.05) is 0 Å². The fourth-order valence-corrected chi connectivity index (χ4v) is 5.86. The number of nitrogens with zero attached hydrogens (tertiary/aromatic N) is 7. The van der Waals surface area contributed by atoms with E-state index < -0.39 is 0 Å². The Morgan fingerprint density at radius 3 is 2.44 bits per heavy atom. The lowest BCUT2D eigenvalue weighted by Crippen LogP contribution is -2.33. The third-order valence-electron chi connectivity index (χ3n) is 8.08. The number of anilines is 3. The Morgan fingerprint density at radius 1 is 1.00 bits per heavy atom. The first-order chi connectivity index (χ1) is 20.0. The van der Waals surface area contributed by atoms with Crippen LogP contribution >= 0.6 is 0 Å². The fourth-order valence-electron chi connectivity index (χ4n) is 5.86. The highest BCUT2D eigenvalue weighted by atomic mass is 16.5. The van der Waals surface area contributed by atoms with Gasteiger partial charge in [-0.15, -0.1) is 0 Å². The number of ether oxygens (including phenoxy) is 3. The van der Waals surface area contributed by atoms with Crippen molar-refractivity contribution in [1.29, 1.82) is 0 Å². The van der Waals surface area contributed by atoms with Crippen LogP contribution in [-0.2, 0) is 0 Å². The van der Waals surface area contributed by atoms with Crippen LogP contribution in [0.4, 0.5) is 17.6 Å². The van der Waals surface area contributed by atoms with Gasteiger partial charge in [0.2, 0.25) is 11.7 Å². The lowest BCUT2D eigenvalue weighted by atomic mass is 9.93. The summed E-state index contributed by atoms with van der Waals surface area (Å²) in [5.41, 5.74) is 1.51. The van der Waals surface area contributed by atoms with E-state index in [1.807, 2.05) is 27.6 Å². The first-order valence-electron chi connectivity index (χ1n) is 13.9. The second kappa shape index (κ2) is 11.4. The Kier molecular flexibility index (Phi) is 7.54. The maximum absolute atomic E-state index is 10.0. The Balaban J connectivity index is 1.37. The minimum absolute atomic E-state index is 0.0271. The van der Waals surface area contributed by atoms with Gasteiger partial charge in [-0.2, -0.15) is 15.1 Å². The number of hydrogen-bond acceptors (Lipinski definition) is 11. The fraction of sp³-hybridized carbons (Fsp3) is 0.500. The third kappa shape index (κ3) is 5.10. The molecular formula is C28H36N8O5. The molecule has 1 aromatic carbocycles. The van der Waals surface area contributed by atoms with Gasteiger partial charge >= 0.3 is 0 Å². The number of aromatic nitrogens is 6. The molecule has 1 unspecified atom stereocenters. The molecule has 2 aliphatic rings. The van der Waals surface area contributed by atoms with Crippen LogP contribution in [0.1, 0.15) is 44.6 Å². The second-order valence-corrected chi connectivity index (χ2v) is 10.5. The van der Waals surface area contributed by atoms with Crippen LogP contribution in [0.15, 0.2) is 30.9 Å². The molecule has 0 spiro atoms. The zero-order valence-electron chi connectivity index (χ0n) is 23.5. The predicted octanol–water partition coefficient (Wildman–Crippen LogP) is 3.22. The van der Waals surface area contributed by atoms with Crippen LogP contribution in [-0.4, -0.2) is 86.1 Å². The van der Waals surface area contributed by atoms with E-state index in [0.29, 0.717) is 34.8 Å². The molecule has 1 atom stereocenters. The molecule has 41 heavy (non-hydrogen) atoms. The molecule has 3 N–H and O–H groups in total. The number of benzene rings is 1. The van der Waals surface area contributed by atoms with Gasteiger partial charge in [0.25, 0.3) is 0 Å². The lowest BCUT2D eigenvalue weighted by molar-refractivity contribution is 0.109. The zero-order chi connectivity index (χ0) is 28.5.